The maximum absolute atomic E-state index is 9.47. The summed E-state index contributed by atoms with van der Waals surface area (Å²) in [6, 6.07) is 8.86. The van der Waals surface area contributed by atoms with Gasteiger partial charge in [-0.25, -0.2) is 0 Å². The van der Waals surface area contributed by atoms with Crippen molar-refractivity contribution in [3.05, 3.63) is 30.3 Å². The third-order valence-electron chi connectivity index (χ3n) is 2.81. The number of fused-ring (bicyclic) bond motifs is 1. The number of phenols is 1. The van der Waals surface area contributed by atoms with Crippen molar-refractivity contribution in [3.63, 3.8) is 0 Å². The van der Waals surface area contributed by atoms with Gasteiger partial charge in [-0.05, 0) is 18.2 Å². The molecule has 0 amide bonds. The van der Waals surface area contributed by atoms with Gasteiger partial charge in [0.1, 0.15) is 5.75 Å². The molecule has 0 fully saturated rings. The number of hydrogen-bond acceptors (Lipinski definition) is 4. The van der Waals surface area contributed by atoms with Crippen LogP contribution in [0.25, 0.3) is 22.4 Å². The van der Waals surface area contributed by atoms with Crippen LogP contribution in [0, 0.1) is 0 Å². The molecule has 0 unspecified atom stereocenters. The molecule has 0 radical (unpaired) electrons. The number of nitrogens with two attached hydrogens (primary N) is 1. The Kier molecular flexibility index (Phi) is 1.89. The Morgan fingerprint density at radius 1 is 1.29 bits per heavy atom. The van der Waals surface area contributed by atoms with Gasteiger partial charge < -0.3 is 19.9 Å². The highest BCUT2D eigenvalue weighted by atomic mass is 16.5. The molecular formula is C12H11N3O2. The largest absolute Gasteiger partial charge is 0.508 e. The fourth-order valence-corrected chi connectivity index (χ4v) is 1.96. The molecule has 3 aromatic rings. The second-order valence-electron chi connectivity index (χ2n) is 3.95. The van der Waals surface area contributed by atoms with Crippen LogP contribution in [-0.4, -0.2) is 14.8 Å². The molecule has 0 aliphatic carbocycles. The van der Waals surface area contributed by atoms with Gasteiger partial charge in [0.2, 0.25) is 0 Å². The summed E-state index contributed by atoms with van der Waals surface area (Å²) in [6.45, 7) is 0. The van der Waals surface area contributed by atoms with E-state index >= 15 is 0 Å². The Morgan fingerprint density at radius 2 is 2.12 bits per heavy atom. The van der Waals surface area contributed by atoms with Gasteiger partial charge in [-0.3, -0.25) is 0 Å². The van der Waals surface area contributed by atoms with Crippen molar-refractivity contribution >= 4 is 16.7 Å². The molecular weight excluding hydrogens is 218 g/mol. The first kappa shape index (κ1) is 9.77. The van der Waals surface area contributed by atoms with Gasteiger partial charge in [0.15, 0.2) is 11.6 Å². The number of hydrogen-bond donors (Lipinski definition) is 2. The molecule has 2 aromatic heterocycles. The summed E-state index contributed by atoms with van der Waals surface area (Å²) < 4.78 is 7.06. The molecule has 3 N–H and O–H groups in total. The lowest BCUT2D eigenvalue weighted by Crippen LogP contribution is -1.89. The topological polar surface area (TPSA) is 77.2 Å². The highest BCUT2D eigenvalue weighted by Crippen LogP contribution is 2.29. The second-order valence-corrected chi connectivity index (χ2v) is 3.95. The number of aromatic nitrogens is 2. The van der Waals surface area contributed by atoms with Crippen molar-refractivity contribution < 1.29 is 9.63 Å². The Hall–Kier alpha value is -2.43. The molecule has 5 nitrogen and oxygen atoms in total. The van der Waals surface area contributed by atoms with Crippen LogP contribution in [0.1, 0.15) is 0 Å². The number of benzene rings is 1. The number of nitrogen functional groups attached to an aromatic ring is 1. The van der Waals surface area contributed by atoms with Crippen molar-refractivity contribution in [2.75, 3.05) is 5.73 Å². The summed E-state index contributed by atoms with van der Waals surface area (Å²) in [5.41, 5.74) is 7.33. The van der Waals surface area contributed by atoms with Crippen LogP contribution < -0.4 is 5.73 Å². The number of aryl methyl sites for hydroxylation is 1. The standard InChI is InChI=1S/C12H11N3O2/c1-15-9-5-8(16)3-2-7(9)4-10(15)11-6-12(13)14-17-11/h2-6,16H,1H3,(H2,13,14). The van der Waals surface area contributed by atoms with Crippen molar-refractivity contribution in [1.29, 1.82) is 0 Å². The number of anilines is 1. The molecule has 0 saturated carbocycles. The fraction of sp³-hybridized carbons (Fsp3) is 0.0833. The summed E-state index contributed by atoms with van der Waals surface area (Å²) in [6.07, 6.45) is 0. The van der Waals surface area contributed by atoms with E-state index in [1.165, 1.54) is 0 Å². The van der Waals surface area contributed by atoms with E-state index in [1.54, 1.807) is 18.2 Å². The average molecular weight is 229 g/mol. The maximum atomic E-state index is 9.47. The summed E-state index contributed by atoms with van der Waals surface area (Å²) in [5.74, 6) is 1.20. The van der Waals surface area contributed by atoms with E-state index in [9.17, 15) is 5.11 Å². The van der Waals surface area contributed by atoms with E-state index in [2.05, 4.69) is 5.16 Å². The zero-order valence-electron chi connectivity index (χ0n) is 9.21. The third kappa shape index (κ3) is 1.44. The maximum Gasteiger partial charge on any atom is 0.185 e. The zero-order valence-corrected chi connectivity index (χ0v) is 9.21. The van der Waals surface area contributed by atoms with E-state index in [0.717, 1.165) is 16.6 Å². The number of nitrogens with zero attached hydrogens (tertiary/aromatic N) is 2. The fourth-order valence-electron chi connectivity index (χ4n) is 1.96. The van der Waals surface area contributed by atoms with E-state index in [4.69, 9.17) is 10.3 Å². The normalized spacial score (nSPS) is 11.1. The third-order valence-corrected chi connectivity index (χ3v) is 2.81. The number of aromatic hydroxyl groups is 1. The Labute approximate surface area is 97.1 Å². The summed E-state index contributed by atoms with van der Waals surface area (Å²) in [5, 5.41) is 14.2. The van der Waals surface area contributed by atoms with Crippen molar-refractivity contribution in [1.82, 2.24) is 9.72 Å². The van der Waals surface area contributed by atoms with Crippen LogP contribution >= 0.6 is 0 Å². The molecule has 0 saturated heterocycles. The zero-order chi connectivity index (χ0) is 12.0. The second kappa shape index (κ2) is 3.28. The van der Waals surface area contributed by atoms with Crippen LogP contribution in [-0.2, 0) is 7.05 Å². The van der Waals surface area contributed by atoms with Crippen molar-refractivity contribution in [2.45, 2.75) is 0 Å². The van der Waals surface area contributed by atoms with Crippen LogP contribution in [0.2, 0.25) is 0 Å². The van der Waals surface area contributed by atoms with Gasteiger partial charge in [0, 0.05) is 24.6 Å². The van der Waals surface area contributed by atoms with Gasteiger partial charge in [0.25, 0.3) is 0 Å². The first-order chi connectivity index (χ1) is 8.15. The van der Waals surface area contributed by atoms with Crippen molar-refractivity contribution in [2.24, 2.45) is 7.05 Å². The Balaban J connectivity index is 2.27. The minimum atomic E-state index is 0.238. The molecule has 86 valence electrons. The first-order valence-corrected chi connectivity index (χ1v) is 5.16. The highest BCUT2D eigenvalue weighted by molar-refractivity contribution is 5.87. The van der Waals surface area contributed by atoms with Crippen LogP contribution in [0.15, 0.2) is 34.9 Å². The lowest BCUT2D eigenvalue weighted by molar-refractivity contribution is 0.433. The van der Waals surface area contributed by atoms with E-state index in [-0.39, 0.29) is 5.75 Å². The molecule has 0 aliphatic heterocycles. The van der Waals surface area contributed by atoms with Gasteiger partial charge >= 0.3 is 0 Å². The predicted octanol–water partition coefficient (Wildman–Crippen LogP) is 2.12. The Morgan fingerprint density at radius 3 is 2.82 bits per heavy atom. The van der Waals surface area contributed by atoms with Crippen LogP contribution in [0.5, 0.6) is 5.75 Å². The minimum Gasteiger partial charge on any atom is -0.508 e. The SMILES string of the molecule is Cn1c(-c2cc(N)no2)cc2ccc(O)cc21. The quantitative estimate of drug-likeness (QED) is 0.670. The highest BCUT2D eigenvalue weighted by Gasteiger charge is 2.12. The lowest BCUT2D eigenvalue weighted by Gasteiger charge is -2.00. The minimum absolute atomic E-state index is 0.238. The predicted molar refractivity (Wildman–Crippen MR) is 64.5 cm³/mol. The molecule has 5 heteroatoms. The molecule has 0 spiro atoms. The van der Waals surface area contributed by atoms with Gasteiger partial charge in [-0.15, -0.1) is 0 Å². The molecule has 0 atom stereocenters. The molecule has 17 heavy (non-hydrogen) atoms. The van der Waals surface area contributed by atoms with Gasteiger partial charge in [-0.1, -0.05) is 5.16 Å². The first-order valence-electron chi connectivity index (χ1n) is 5.16. The average Bonchev–Trinajstić information content (AvgIpc) is 2.84. The van der Waals surface area contributed by atoms with Crippen LogP contribution in [0.3, 0.4) is 0 Å². The van der Waals surface area contributed by atoms with Crippen molar-refractivity contribution in [3.8, 4) is 17.2 Å². The molecule has 3 rings (SSSR count). The molecule has 0 aliphatic rings. The molecule has 2 heterocycles. The van der Waals surface area contributed by atoms with Gasteiger partial charge in [-0.2, -0.15) is 0 Å². The van der Waals surface area contributed by atoms with Crippen LogP contribution in [0.4, 0.5) is 5.82 Å². The van der Waals surface area contributed by atoms with E-state index < -0.39 is 0 Å². The summed E-state index contributed by atoms with van der Waals surface area (Å²) in [7, 11) is 1.90. The Bertz CT molecular complexity index is 697. The monoisotopic (exact) mass is 229 g/mol. The number of phenolic OH excluding ortho intramolecular Hbond substituents is 1. The van der Waals surface area contributed by atoms with E-state index in [1.807, 2.05) is 23.7 Å². The molecule has 1 aromatic carbocycles. The summed E-state index contributed by atoms with van der Waals surface area (Å²) in [4.78, 5) is 0. The smallest absolute Gasteiger partial charge is 0.185 e. The van der Waals surface area contributed by atoms with Gasteiger partial charge in [0.05, 0.1) is 11.2 Å². The van der Waals surface area contributed by atoms with E-state index in [0.29, 0.717) is 11.6 Å². The lowest BCUT2D eigenvalue weighted by atomic mass is 10.2. The molecule has 0 bridgehead atoms. The summed E-state index contributed by atoms with van der Waals surface area (Å²) >= 11 is 0. The number of rotatable bonds is 1.